The summed E-state index contributed by atoms with van der Waals surface area (Å²) in [5.41, 5.74) is 3.44. The second kappa shape index (κ2) is 9.57. The Balaban J connectivity index is 1.63. The Bertz CT molecular complexity index is 782. The molecule has 0 saturated heterocycles. The molecule has 1 atom stereocenters. The van der Waals surface area contributed by atoms with Crippen molar-refractivity contribution in [2.75, 3.05) is 0 Å². The summed E-state index contributed by atoms with van der Waals surface area (Å²) in [5, 5.41) is 0. The van der Waals surface area contributed by atoms with Gasteiger partial charge in [0.2, 0.25) is 0 Å². The molecule has 0 heterocycles. The molecule has 0 aliphatic carbocycles. The smallest absolute Gasteiger partial charge is 0.309 e. The summed E-state index contributed by atoms with van der Waals surface area (Å²) in [6.07, 6.45) is 2.37. The molecular weight excluding hydrogens is 320 g/mol. The molecule has 2 heteroatoms. The van der Waals surface area contributed by atoms with Gasteiger partial charge in [-0.2, -0.15) is 0 Å². The summed E-state index contributed by atoms with van der Waals surface area (Å²) in [6.45, 7) is 0.330. The van der Waals surface area contributed by atoms with Crippen molar-refractivity contribution in [2.45, 2.75) is 25.9 Å². The maximum atomic E-state index is 12.7. The van der Waals surface area contributed by atoms with Crippen LogP contribution in [-0.4, -0.2) is 5.97 Å². The topological polar surface area (TPSA) is 26.3 Å². The number of rotatable bonds is 8. The molecule has 3 aromatic rings. The van der Waals surface area contributed by atoms with Crippen molar-refractivity contribution in [1.29, 1.82) is 0 Å². The van der Waals surface area contributed by atoms with E-state index in [9.17, 15) is 4.79 Å². The maximum absolute atomic E-state index is 12.7. The molecule has 0 aromatic heterocycles. The van der Waals surface area contributed by atoms with Gasteiger partial charge in [-0.25, -0.2) is 0 Å². The van der Waals surface area contributed by atoms with Crippen LogP contribution in [0.25, 0.3) is 0 Å². The van der Waals surface area contributed by atoms with Crippen molar-refractivity contribution in [3.8, 4) is 0 Å². The zero-order valence-electron chi connectivity index (χ0n) is 14.9. The van der Waals surface area contributed by atoms with Gasteiger partial charge in [0, 0.05) is 0 Å². The predicted molar refractivity (Wildman–Crippen MR) is 105 cm³/mol. The number of aryl methyl sites for hydroxylation is 1. The number of ether oxygens (including phenoxy) is 1. The Labute approximate surface area is 155 Å². The first-order chi connectivity index (χ1) is 12.8. The minimum absolute atomic E-state index is 0.117. The van der Waals surface area contributed by atoms with Crippen molar-refractivity contribution in [1.82, 2.24) is 0 Å². The first-order valence-electron chi connectivity index (χ1n) is 9.09. The van der Waals surface area contributed by atoms with Gasteiger partial charge in [-0.1, -0.05) is 91.0 Å². The first kappa shape index (κ1) is 17.9. The third kappa shape index (κ3) is 5.59. The van der Waals surface area contributed by atoms with Gasteiger partial charge in [0.1, 0.15) is 6.61 Å². The van der Waals surface area contributed by atoms with Gasteiger partial charge in [0.05, 0.1) is 5.92 Å². The second-order valence-corrected chi connectivity index (χ2v) is 6.50. The van der Waals surface area contributed by atoms with Gasteiger partial charge in [-0.15, -0.1) is 0 Å². The van der Waals surface area contributed by atoms with E-state index in [1.807, 2.05) is 66.7 Å². The largest absolute Gasteiger partial charge is 0.461 e. The van der Waals surface area contributed by atoms with Crippen LogP contribution < -0.4 is 0 Å². The standard InChI is InChI=1S/C24H24O2/c25-24(26-19-22-14-8-3-9-15-22)23(18-21-12-6-2-7-13-21)17-16-20-10-4-1-5-11-20/h1-15,23H,16-19H2. The molecular formula is C24H24O2. The van der Waals surface area contributed by atoms with Crippen molar-refractivity contribution >= 4 is 5.97 Å². The monoisotopic (exact) mass is 344 g/mol. The lowest BCUT2D eigenvalue weighted by molar-refractivity contribution is -0.150. The van der Waals surface area contributed by atoms with Gasteiger partial charge in [-0.3, -0.25) is 4.79 Å². The van der Waals surface area contributed by atoms with Crippen LogP contribution in [-0.2, 0) is 29.0 Å². The molecule has 0 fully saturated rings. The SMILES string of the molecule is O=C(OCc1ccccc1)C(CCc1ccccc1)Cc1ccccc1. The van der Waals surface area contributed by atoms with Crippen LogP contribution in [0, 0.1) is 5.92 Å². The summed E-state index contributed by atoms with van der Waals surface area (Å²) >= 11 is 0. The Morgan fingerprint density at radius 1 is 0.692 bits per heavy atom. The Hall–Kier alpha value is -2.87. The van der Waals surface area contributed by atoms with Gasteiger partial charge in [0.15, 0.2) is 0 Å². The van der Waals surface area contributed by atoms with Crippen LogP contribution in [0.15, 0.2) is 91.0 Å². The fraction of sp³-hybridized carbons (Fsp3) is 0.208. The number of carbonyl (C=O) groups excluding carboxylic acids is 1. The average Bonchev–Trinajstić information content (AvgIpc) is 2.71. The molecule has 1 unspecified atom stereocenters. The van der Waals surface area contributed by atoms with Crippen LogP contribution in [0.2, 0.25) is 0 Å². The molecule has 3 aromatic carbocycles. The van der Waals surface area contributed by atoms with Crippen LogP contribution in [0.3, 0.4) is 0 Å². The normalized spacial score (nSPS) is 11.7. The lowest BCUT2D eigenvalue weighted by atomic mass is 9.93. The number of esters is 1. The quantitative estimate of drug-likeness (QED) is 0.524. The third-order valence-corrected chi connectivity index (χ3v) is 4.51. The lowest BCUT2D eigenvalue weighted by Crippen LogP contribution is -2.21. The molecule has 0 amide bonds. The fourth-order valence-electron chi connectivity index (χ4n) is 3.03. The number of carbonyl (C=O) groups is 1. The predicted octanol–water partition coefficient (Wildman–Crippen LogP) is 5.22. The fourth-order valence-corrected chi connectivity index (χ4v) is 3.03. The Morgan fingerprint density at radius 3 is 1.77 bits per heavy atom. The molecule has 0 aliphatic rings. The summed E-state index contributed by atoms with van der Waals surface area (Å²) in [4.78, 5) is 12.7. The maximum Gasteiger partial charge on any atom is 0.309 e. The number of hydrogen-bond donors (Lipinski definition) is 0. The Kier molecular flexibility index (Phi) is 6.60. The van der Waals surface area contributed by atoms with E-state index in [0.29, 0.717) is 13.0 Å². The van der Waals surface area contributed by atoms with Gasteiger partial charge in [-0.05, 0) is 36.0 Å². The van der Waals surface area contributed by atoms with E-state index in [0.717, 1.165) is 18.4 Å². The van der Waals surface area contributed by atoms with E-state index in [1.165, 1.54) is 11.1 Å². The lowest BCUT2D eigenvalue weighted by Gasteiger charge is -2.16. The zero-order chi connectivity index (χ0) is 18.0. The highest BCUT2D eigenvalue weighted by Gasteiger charge is 2.20. The average molecular weight is 344 g/mol. The highest BCUT2D eigenvalue weighted by atomic mass is 16.5. The third-order valence-electron chi connectivity index (χ3n) is 4.51. The molecule has 0 saturated carbocycles. The molecule has 132 valence electrons. The van der Waals surface area contributed by atoms with Gasteiger partial charge in [0.25, 0.3) is 0 Å². The summed E-state index contributed by atoms with van der Waals surface area (Å²) in [6, 6.07) is 30.3. The van der Waals surface area contributed by atoms with E-state index in [-0.39, 0.29) is 11.9 Å². The first-order valence-corrected chi connectivity index (χ1v) is 9.09. The minimum Gasteiger partial charge on any atom is -0.461 e. The van der Waals surface area contributed by atoms with Crippen molar-refractivity contribution in [3.05, 3.63) is 108 Å². The molecule has 0 bridgehead atoms. The van der Waals surface area contributed by atoms with Crippen LogP contribution in [0.1, 0.15) is 23.1 Å². The van der Waals surface area contributed by atoms with Gasteiger partial charge >= 0.3 is 5.97 Å². The molecule has 26 heavy (non-hydrogen) atoms. The van der Waals surface area contributed by atoms with Gasteiger partial charge < -0.3 is 4.74 Å². The molecule has 0 spiro atoms. The van der Waals surface area contributed by atoms with Crippen LogP contribution >= 0.6 is 0 Å². The van der Waals surface area contributed by atoms with Crippen molar-refractivity contribution in [2.24, 2.45) is 5.92 Å². The van der Waals surface area contributed by atoms with Crippen LogP contribution in [0.5, 0.6) is 0 Å². The van der Waals surface area contributed by atoms with E-state index < -0.39 is 0 Å². The second-order valence-electron chi connectivity index (χ2n) is 6.50. The number of benzene rings is 3. The summed E-state index contributed by atoms with van der Waals surface area (Å²) < 4.78 is 5.61. The molecule has 0 radical (unpaired) electrons. The number of hydrogen-bond acceptors (Lipinski definition) is 2. The Morgan fingerprint density at radius 2 is 1.19 bits per heavy atom. The molecule has 0 aliphatic heterocycles. The highest BCUT2D eigenvalue weighted by Crippen LogP contribution is 2.18. The highest BCUT2D eigenvalue weighted by molar-refractivity contribution is 5.72. The minimum atomic E-state index is -0.138. The summed E-state index contributed by atoms with van der Waals surface area (Å²) in [7, 11) is 0. The summed E-state index contributed by atoms with van der Waals surface area (Å²) in [5.74, 6) is -0.255. The van der Waals surface area contributed by atoms with Crippen molar-refractivity contribution < 1.29 is 9.53 Å². The molecule has 0 N–H and O–H groups in total. The van der Waals surface area contributed by atoms with E-state index in [1.54, 1.807) is 0 Å². The molecule has 3 rings (SSSR count). The molecule has 2 nitrogen and oxygen atoms in total. The van der Waals surface area contributed by atoms with E-state index in [4.69, 9.17) is 4.74 Å². The van der Waals surface area contributed by atoms with E-state index >= 15 is 0 Å². The van der Waals surface area contributed by atoms with Crippen LogP contribution in [0.4, 0.5) is 0 Å². The van der Waals surface area contributed by atoms with Crippen molar-refractivity contribution in [3.63, 3.8) is 0 Å². The van der Waals surface area contributed by atoms with E-state index in [2.05, 4.69) is 24.3 Å². The zero-order valence-corrected chi connectivity index (χ0v) is 14.9.